The average molecular weight is 391 g/mol. The van der Waals surface area contributed by atoms with E-state index in [9.17, 15) is 9.59 Å². The smallest absolute Gasteiger partial charge is 0.309 e. The Morgan fingerprint density at radius 3 is 2.76 bits per heavy atom. The molecule has 29 heavy (non-hydrogen) atoms. The van der Waals surface area contributed by atoms with Gasteiger partial charge in [0, 0.05) is 30.1 Å². The summed E-state index contributed by atoms with van der Waals surface area (Å²) in [6.07, 6.45) is 7.67. The highest BCUT2D eigenvalue weighted by Crippen LogP contribution is 2.30. The highest BCUT2D eigenvalue weighted by Gasteiger charge is 2.31. The van der Waals surface area contributed by atoms with Crippen molar-refractivity contribution >= 4 is 17.5 Å². The lowest BCUT2D eigenvalue weighted by Crippen LogP contribution is -2.37. The topological polar surface area (TPSA) is 72.7 Å². The summed E-state index contributed by atoms with van der Waals surface area (Å²) >= 11 is 0. The van der Waals surface area contributed by atoms with Crippen molar-refractivity contribution in [2.75, 3.05) is 13.7 Å². The number of nitrogens with one attached hydrogen (secondary N) is 1. The van der Waals surface area contributed by atoms with E-state index in [1.807, 2.05) is 47.1 Å². The minimum absolute atomic E-state index is 0.125. The Hall–Kier alpha value is -3.15. The van der Waals surface area contributed by atoms with E-state index < -0.39 is 0 Å². The maximum Gasteiger partial charge on any atom is 0.309 e. The SMILES string of the molecule is COC(=O)C1CCCCC1CNC(=O)c1ccn2cc(-c3ccccc3)nc2c1. The number of imidazole rings is 1. The zero-order valence-corrected chi connectivity index (χ0v) is 16.5. The summed E-state index contributed by atoms with van der Waals surface area (Å²) in [4.78, 5) is 29.3. The van der Waals surface area contributed by atoms with Gasteiger partial charge in [0.15, 0.2) is 0 Å². The first kappa shape index (κ1) is 19.2. The van der Waals surface area contributed by atoms with Gasteiger partial charge >= 0.3 is 5.97 Å². The third-order valence-electron chi connectivity index (χ3n) is 5.73. The Balaban J connectivity index is 1.46. The van der Waals surface area contributed by atoms with Crippen LogP contribution in [0, 0.1) is 11.8 Å². The van der Waals surface area contributed by atoms with Gasteiger partial charge in [0.25, 0.3) is 5.91 Å². The molecule has 1 saturated carbocycles. The van der Waals surface area contributed by atoms with Gasteiger partial charge in [0.05, 0.1) is 18.7 Å². The van der Waals surface area contributed by atoms with Crippen LogP contribution in [0.1, 0.15) is 36.0 Å². The summed E-state index contributed by atoms with van der Waals surface area (Å²) in [5, 5.41) is 3.00. The molecule has 1 fully saturated rings. The third-order valence-corrected chi connectivity index (χ3v) is 5.73. The van der Waals surface area contributed by atoms with E-state index in [2.05, 4.69) is 10.3 Å². The Kier molecular flexibility index (Phi) is 5.60. The average Bonchev–Trinajstić information content (AvgIpc) is 3.21. The number of carbonyl (C=O) groups is 2. The van der Waals surface area contributed by atoms with E-state index in [0.717, 1.165) is 42.6 Å². The van der Waals surface area contributed by atoms with Crippen molar-refractivity contribution in [2.24, 2.45) is 11.8 Å². The van der Waals surface area contributed by atoms with Crippen LogP contribution in [0.4, 0.5) is 0 Å². The van der Waals surface area contributed by atoms with Crippen LogP contribution in [0.15, 0.2) is 54.9 Å². The van der Waals surface area contributed by atoms with Crippen molar-refractivity contribution in [3.8, 4) is 11.3 Å². The van der Waals surface area contributed by atoms with E-state index in [4.69, 9.17) is 4.74 Å². The first-order chi connectivity index (χ1) is 14.2. The Morgan fingerprint density at radius 2 is 1.97 bits per heavy atom. The lowest BCUT2D eigenvalue weighted by atomic mass is 9.79. The van der Waals surface area contributed by atoms with Crippen LogP contribution in [0.25, 0.3) is 16.9 Å². The number of rotatable bonds is 5. The highest BCUT2D eigenvalue weighted by molar-refractivity contribution is 5.95. The van der Waals surface area contributed by atoms with Crippen molar-refractivity contribution in [3.63, 3.8) is 0 Å². The van der Waals surface area contributed by atoms with Gasteiger partial charge in [-0.3, -0.25) is 9.59 Å². The van der Waals surface area contributed by atoms with Gasteiger partial charge in [-0.2, -0.15) is 0 Å². The van der Waals surface area contributed by atoms with E-state index in [1.165, 1.54) is 7.11 Å². The zero-order valence-electron chi connectivity index (χ0n) is 16.5. The number of amides is 1. The van der Waals surface area contributed by atoms with E-state index in [0.29, 0.717) is 12.1 Å². The minimum Gasteiger partial charge on any atom is -0.469 e. The molecule has 2 atom stereocenters. The van der Waals surface area contributed by atoms with Gasteiger partial charge < -0.3 is 14.5 Å². The number of methoxy groups -OCH3 is 1. The number of aromatic nitrogens is 2. The Labute approximate surface area is 169 Å². The van der Waals surface area contributed by atoms with Crippen LogP contribution < -0.4 is 5.32 Å². The highest BCUT2D eigenvalue weighted by atomic mass is 16.5. The molecular weight excluding hydrogens is 366 g/mol. The summed E-state index contributed by atoms with van der Waals surface area (Å²) < 4.78 is 6.85. The molecule has 2 unspecified atom stereocenters. The van der Waals surface area contributed by atoms with E-state index in [1.54, 1.807) is 12.1 Å². The number of hydrogen-bond acceptors (Lipinski definition) is 4. The van der Waals surface area contributed by atoms with E-state index >= 15 is 0 Å². The molecule has 2 aromatic heterocycles. The summed E-state index contributed by atoms with van der Waals surface area (Å²) in [5.74, 6) is -0.320. The van der Waals surface area contributed by atoms with Crippen LogP contribution >= 0.6 is 0 Å². The quantitative estimate of drug-likeness (QED) is 0.673. The normalized spacial score (nSPS) is 19.1. The zero-order chi connectivity index (χ0) is 20.2. The molecule has 3 aromatic rings. The van der Waals surface area contributed by atoms with Gasteiger partial charge in [-0.15, -0.1) is 0 Å². The first-order valence-corrected chi connectivity index (χ1v) is 10.1. The van der Waals surface area contributed by atoms with Gasteiger partial charge in [-0.05, 0) is 30.9 Å². The van der Waals surface area contributed by atoms with Crippen LogP contribution in [-0.2, 0) is 9.53 Å². The van der Waals surface area contributed by atoms with Crippen LogP contribution in [0.2, 0.25) is 0 Å². The second-order valence-electron chi connectivity index (χ2n) is 7.56. The Bertz CT molecular complexity index is 1010. The fourth-order valence-electron chi connectivity index (χ4n) is 4.11. The van der Waals surface area contributed by atoms with Crippen LogP contribution in [0.5, 0.6) is 0 Å². The first-order valence-electron chi connectivity index (χ1n) is 10.1. The lowest BCUT2D eigenvalue weighted by molar-refractivity contribution is -0.148. The third kappa shape index (κ3) is 4.16. The minimum atomic E-state index is -0.170. The largest absolute Gasteiger partial charge is 0.469 e. The molecule has 4 rings (SSSR count). The number of pyridine rings is 1. The van der Waals surface area contributed by atoms with Gasteiger partial charge in [0.2, 0.25) is 0 Å². The summed E-state index contributed by atoms with van der Waals surface area (Å²) in [5.41, 5.74) is 3.19. The molecule has 0 bridgehead atoms. The molecule has 1 amide bonds. The van der Waals surface area contributed by atoms with Crippen molar-refractivity contribution in [3.05, 3.63) is 60.4 Å². The molecule has 0 spiro atoms. The Morgan fingerprint density at radius 1 is 1.17 bits per heavy atom. The molecule has 1 aliphatic carbocycles. The second-order valence-corrected chi connectivity index (χ2v) is 7.56. The second kappa shape index (κ2) is 8.47. The van der Waals surface area contributed by atoms with Crippen molar-refractivity contribution in [2.45, 2.75) is 25.7 Å². The predicted octanol–water partition coefficient (Wildman–Crippen LogP) is 3.71. The maximum absolute atomic E-state index is 12.7. The van der Waals surface area contributed by atoms with E-state index in [-0.39, 0.29) is 23.7 Å². The maximum atomic E-state index is 12.7. The number of benzene rings is 1. The molecule has 0 saturated heterocycles. The molecule has 6 heteroatoms. The lowest BCUT2D eigenvalue weighted by Gasteiger charge is -2.29. The molecule has 0 aliphatic heterocycles. The molecule has 1 aromatic carbocycles. The number of esters is 1. The number of nitrogens with zero attached hydrogens (tertiary/aromatic N) is 2. The van der Waals surface area contributed by atoms with Crippen LogP contribution in [0.3, 0.4) is 0 Å². The molecule has 150 valence electrons. The molecule has 1 aliphatic rings. The van der Waals surface area contributed by atoms with Crippen molar-refractivity contribution in [1.82, 2.24) is 14.7 Å². The van der Waals surface area contributed by atoms with Gasteiger partial charge in [-0.25, -0.2) is 4.98 Å². The van der Waals surface area contributed by atoms with Crippen molar-refractivity contribution < 1.29 is 14.3 Å². The fraction of sp³-hybridized carbons (Fsp3) is 0.348. The summed E-state index contributed by atoms with van der Waals surface area (Å²) in [6.45, 7) is 0.480. The number of ether oxygens (including phenoxy) is 1. The number of hydrogen-bond donors (Lipinski definition) is 1. The molecular formula is C23H25N3O3. The summed E-state index contributed by atoms with van der Waals surface area (Å²) in [7, 11) is 1.43. The molecule has 1 N–H and O–H groups in total. The van der Waals surface area contributed by atoms with Gasteiger partial charge in [0.1, 0.15) is 5.65 Å². The molecule has 2 heterocycles. The number of carbonyl (C=O) groups excluding carboxylic acids is 2. The van der Waals surface area contributed by atoms with Crippen LogP contribution in [-0.4, -0.2) is 34.9 Å². The number of fused-ring (bicyclic) bond motifs is 1. The monoisotopic (exact) mass is 391 g/mol. The van der Waals surface area contributed by atoms with Gasteiger partial charge in [-0.1, -0.05) is 43.2 Å². The molecule has 6 nitrogen and oxygen atoms in total. The fourth-order valence-corrected chi connectivity index (χ4v) is 4.11. The predicted molar refractivity (Wildman–Crippen MR) is 110 cm³/mol. The standard InChI is InChI=1S/C23H25N3O3/c1-29-23(28)19-10-6-5-9-18(19)14-24-22(27)17-11-12-26-15-20(25-21(26)13-17)16-7-3-2-4-8-16/h2-4,7-8,11-13,15,18-19H,5-6,9-10,14H2,1H3,(H,24,27). The molecule has 0 radical (unpaired) electrons. The summed E-state index contributed by atoms with van der Waals surface area (Å²) in [6, 6.07) is 13.5. The van der Waals surface area contributed by atoms with Crippen molar-refractivity contribution in [1.29, 1.82) is 0 Å².